The van der Waals surface area contributed by atoms with E-state index in [1.54, 1.807) is 6.07 Å². The number of alkyl halides is 2. The molecule has 0 amide bonds. The van der Waals surface area contributed by atoms with Crippen LogP contribution in [0.3, 0.4) is 0 Å². The van der Waals surface area contributed by atoms with Gasteiger partial charge in [0.05, 0.1) is 5.56 Å². The number of hydrogen-bond acceptors (Lipinski definition) is 3. The van der Waals surface area contributed by atoms with E-state index in [1.165, 1.54) is 0 Å². The average molecular weight is 251 g/mol. The van der Waals surface area contributed by atoms with E-state index in [0.717, 1.165) is 6.07 Å². The van der Waals surface area contributed by atoms with Gasteiger partial charge in [-0.05, 0) is 17.7 Å². The largest absolute Gasteiger partial charge is 0.280 e. The minimum Gasteiger partial charge on any atom is -0.276 e. The highest BCUT2D eigenvalue weighted by Crippen LogP contribution is 2.25. The number of hydrogen-bond donors (Lipinski definition) is 0. The number of carbonyl (C=O) groups is 1. The molecule has 0 saturated heterocycles. The van der Waals surface area contributed by atoms with E-state index < -0.39 is 22.5 Å². The highest BCUT2D eigenvalue weighted by atomic mass is 35.5. The lowest BCUT2D eigenvalue weighted by molar-refractivity contribution is 0.108. The summed E-state index contributed by atoms with van der Waals surface area (Å²) in [4.78, 5) is 14.1. The molecular weight excluding hydrogens is 249 g/mol. The zero-order valence-corrected chi connectivity index (χ0v) is 8.48. The number of carbonyl (C=O) groups excluding carboxylic acids is 1. The third-order valence-electron chi connectivity index (χ3n) is 1.54. The van der Waals surface area contributed by atoms with Gasteiger partial charge in [-0.2, -0.15) is 5.26 Å². The summed E-state index contributed by atoms with van der Waals surface area (Å²) in [5.41, 5.74) is -1.36. The average Bonchev–Trinajstić information content (AvgIpc) is 2.16. The van der Waals surface area contributed by atoms with Crippen molar-refractivity contribution in [2.75, 3.05) is 0 Å². The predicted octanol–water partition coefficient (Wildman–Crippen LogP) is 2.92. The monoisotopic (exact) mass is 250 g/mol. The maximum Gasteiger partial charge on any atom is 0.280 e. The van der Waals surface area contributed by atoms with Gasteiger partial charge in [0, 0.05) is 0 Å². The fraction of sp³-hybridized carbons (Fsp3) is 0.125. The lowest BCUT2D eigenvalue weighted by atomic mass is 10.1. The molecule has 3 nitrogen and oxygen atoms in total. The van der Waals surface area contributed by atoms with Crippen LogP contribution in [0, 0.1) is 11.3 Å². The van der Waals surface area contributed by atoms with Crippen molar-refractivity contribution in [2.24, 2.45) is 0 Å². The minimum absolute atomic E-state index is 0.305. The Morgan fingerprint density at radius 2 is 2.20 bits per heavy atom. The molecule has 1 rings (SSSR count). The minimum atomic E-state index is -2.88. The Balaban J connectivity index is 3.47. The molecule has 1 aromatic rings. The Labute approximate surface area is 93.2 Å². The molecule has 0 spiro atoms. The van der Waals surface area contributed by atoms with Gasteiger partial charge in [0.1, 0.15) is 22.5 Å². The molecule has 0 atom stereocenters. The highest BCUT2D eigenvalue weighted by molar-refractivity contribution is 6.68. The van der Waals surface area contributed by atoms with Crippen molar-refractivity contribution in [3.05, 3.63) is 28.0 Å². The zero-order valence-electron chi connectivity index (χ0n) is 6.97. The van der Waals surface area contributed by atoms with Gasteiger partial charge in [0.2, 0.25) is 0 Å². The van der Waals surface area contributed by atoms with Gasteiger partial charge in [0.25, 0.3) is 11.7 Å². The topological polar surface area (TPSA) is 53.8 Å². The van der Waals surface area contributed by atoms with E-state index in [2.05, 4.69) is 4.98 Å². The second-order valence-electron chi connectivity index (χ2n) is 2.45. The first kappa shape index (κ1) is 11.8. The summed E-state index contributed by atoms with van der Waals surface area (Å²) in [6.07, 6.45) is -2.88. The van der Waals surface area contributed by atoms with Crippen molar-refractivity contribution in [3.8, 4) is 6.07 Å². The third-order valence-corrected chi connectivity index (χ3v) is 2.02. The molecule has 78 valence electrons. The molecular formula is C8H2Cl2F2N2O. The SMILES string of the molecule is N#Cc1c(C(=O)Cl)cc(C(F)F)nc1Cl. The molecule has 0 saturated carbocycles. The van der Waals surface area contributed by atoms with Crippen molar-refractivity contribution >= 4 is 28.4 Å². The van der Waals surface area contributed by atoms with Gasteiger partial charge in [0.15, 0.2) is 0 Å². The molecule has 1 heterocycles. The molecule has 0 unspecified atom stereocenters. The Hall–Kier alpha value is -1.25. The van der Waals surface area contributed by atoms with E-state index in [-0.39, 0.29) is 11.1 Å². The second kappa shape index (κ2) is 4.51. The predicted molar refractivity (Wildman–Crippen MR) is 49.1 cm³/mol. The van der Waals surface area contributed by atoms with Crippen molar-refractivity contribution in [1.29, 1.82) is 5.26 Å². The first-order valence-electron chi connectivity index (χ1n) is 3.56. The summed E-state index contributed by atoms with van der Waals surface area (Å²) in [7, 11) is 0. The van der Waals surface area contributed by atoms with Crippen molar-refractivity contribution in [2.45, 2.75) is 6.43 Å². The molecule has 7 heteroatoms. The Kier molecular flexibility index (Phi) is 3.56. The second-order valence-corrected chi connectivity index (χ2v) is 3.15. The number of aromatic nitrogens is 1. The summed E-state index contributed by atoms with van der Waals surface area (Å²) in [5.74, 6) is 0. The smallest absolute Gasteiger partial charge is 0.276 e. The molecule has 0 N–H and O–H groups in total. The molecule has 1 aromatic heterocycles. The standard InChI is InChI=1S/C8H2Cl2F2N2O/c9-6-4(2-13)3(7(10)15)1-5(14-6)8(11)12/h1,8H. The molecule has 0 aliphatic carbocycles. The number of nitriles is 1. The van der Waals surface area contributed by atoms with E-state index in [0.29, 0.717) is 0 Å². The van der Waals surface area contributed by atoms with Crippen molar-refractivity contribution in [1.82, 2.24) is 4.98 Å². The molecule has 0 bridgehead atoms. The Bertz CT molecular complexity index is 457. The Morgan fingerprint density at radius 3 is 2.60 bits per heavy atom. The maximum atomic E-state index is 12.3. The van der Waals surface area contributed by atoms with E-state index in [9.17, 15) is 13.6 Å². The lowest BCUT2D eigenvalue weighted by Crippen LogP contribution is -2.01. The van der Waals surface area contributed by atoms with Crippen LogP contribution in [0.4, 0.5) is 8.78 Å². The summed E-state index contributed by atoms with van der Waals surface area (Å²) >= 11 is 10.6. The quantitative estimate of drug-likeness (QED) is 0.599. The van der Waals surface area contributed by atoms with Crippen LogP contribution in [-0.4, -0.2) is 10.2 Å². The highest BCUT2D eigenvalue weighted by Gasteiger charge is 2.19. The number of nitrogens with zero attached hydrogens (tertiary/aromatic N) is 2. The first-order chi connectivity index (χ1) is 6.97. The van der Waals surface area contributed by atoms with Gasteiger partial charge in [-0.3, -0.25) is 4.79 Å². The number of rotatable bonds is 2. The molecule has 0 radical (unpaired) electrons. The number of halogens is 4. The molecule has 0 aliphatic rings. The fourth-order valence-corrected chi connectivity index (χ4v) is 1.30. The summed E-state index contributed by atoms with van der Waals surface area (Å²) < 4.78 is 24.5. The van der Waals surface area contributed by atoms with Crippen LogP contribution in [-0.2, 0) is 0 Å². The summed E-state index contributed by atoms with van der Waals surface area (Å²) in [6, 6.07) is 2.32. The van der Waals surface area contributed by atoms with Gasteiger partial charge in [-0.1, -0.05) is 11.6 Å². The molecule has 0 aromatic carbocycles. The normalized spacial score (nSPS) is 10.1. The van der Waals surface area contributed by atoms with E-state index >= 15 is 0 Å². The van der Waals surface area contributed by atoms with Crippen LogP contribution >= 0.6 is 23.2 Å². The van der Waals surface area contributed by atoms with Crippen LogP contribution in [0.1, 0.15) is 28.0 Å². The van der Waals surface area contributed by atoms with Crippen LogP contribution in [0.2, 0.25) is 5.15 Å². The van der Waals surface area contributed by atoms with E-state index in [1.807, 2.05) is 0 Å². The van der Waals surface area contributed by atoms with E-state index in [4.69, 9.17) is 28.5 Å². The summed E-state index contributed by atoms with van der Waals surface area (Å²) in [6.45, 7) is 0. The lowest BCUT2D eigenvalue weighted by Gasteiger charge is -2.04. The van der Waals surface area contributed by atoms with Gasteiger partial charge >= 0.3 is 0 Å². The Morgan fingerprint density at radius 1 is 1.60 bits per heavy atom. The molecule has 0 aliphatic heterocycles. The van der Waals surface area contributed by atoms with Crippen molar-refractivity contribution in [3.63, 3.8) is 0 Å². The van der Waals surface area contributed by atoms with Crippen LogP contribution in [0.5, 0.6) is 0 Å². The maximum absolute atomic E-state index is 12.3. The van der Waals surface area contributed by atoms with Crippen LogP contribution in [0.25, 0.3) is 0 Å². The van der Waals surface area contributed by atoms with Gasteiger partial charge in [-0.15, -0.1) is 0 Å². The molecule has 0 fully saturated rings. The number of pyridine rings is 1. The van der Waals surface area contributed by atoms with Gasteiger partial charge in [-0.25, -0.2) is 13.8 Å². The van der Waals surface area contributed by atoms with Gasteiger partial charge < -0.3 is 0 Å². The first-order valence-corrected chi connectivity index (χ1v) is 4.31. The summed E-state index contributed by atoms with van der Waals surface area (Å²) in [5, 5.41) is 7.12. The van der Waals surface area contributed by atoms with Crippen LogP contribution in [0.15, 0.2) is 6.07 Å². The van der Waals surface area contributed by atoms with Crippen molar-refractivity contribution < 1.29 is 13.6 Å². The van der Waals surface area contributed by atoms with Crippen LogP contribution < -0.4 is 0 Å². The fourth-order valence-electron chi connectivity index (χ4n) is 0.906. The molecule has 15 heavy (non-hydrogen) atoms. The third kappa shape index (κ3) is 2.41. The zero-order chi connectivity index (χ0) is 11.6.